The van der Waals surface area contributed by atoms with Crippen LogP contribution in [0.1, 0.15) is 56.1 Å². The van der Waals surface area contributed by atoms with Gasteiger partial charge in [-0.3, -0.25) is 9.69 Å². The van der Waals surface area contributed by atoms with Crippen molar-refractivity contribution in [1.82, 2.24) is 10.2 Å². The molecule has 6 nitrogen and oxygen atoms in total. The van der Waals surface area contributed by atoms with Crippen LogP contribution in [-0.4, -0.2) is 50.2 Å². The van der Waals surface area contributed by atoms with Gasteiger partial charge >= 0.3 is 0 Å². The minimum Gasteiger partial charge on any atom is -0.465 e. The highest BCUT2D eigenvalue weighted by molar-refractivity contribution is 5.76. The van der Waals surface area contributed by atoms with Crippen molar-refractivity contribution in [3.05, 3.63) is 23.7 Å². The summed E-state index contributed by atoms with van der Waals surface area (Å²) < 4.78 is 11.3. The molecule has 1 aromatic heterocycles. The molecule has 6 heteroatoms. The van der Waals surface area contributed by atoms with Gasteiger partial charge in [0.1, 0.15) is 11.5 Å². The van der Waals surface area contributed by atoms with Crippen LogP contribution in [0, 0.1) is 12.3 Å². The summed E-state index contributed by atoms with van der Waals surface area (Å²) in [6, 6.07) is 4.05. The van der Waals surface area contributed by atoms with Gasteiger partial charge in [0.15, 0.2) is 0 Å². The van der Waals surface area contributed by atoms with Crippen LogP contribution >= 0.6 is 0 Å². The Labute approximate surface area is 156 Å². The van der Waals surface area contributed by atoms with E-state index in [1.807, 2.05) is 19.1 Å². The Bertz CT molecular complexity index is 575. The number of amides is 1. The van der Waals surface area contributed by atoms with Gasteiger partial charge in [-0.1, -0.05) is 19.3 Å². The maximum atomic E-state index is 12.7. The average Bonchev–Trinajstić information content (AvgIpc) is 3.09. The normalized spacial score (nSPS) is 22.1. The molecule has 1 aliphatic carbocycles. The fourth-order valence-corrected chi connectivity index (χ4v) is 4.30. The number of hydrogen-bond donors (Lipinski definition) is 2. The Morgan fingerprint density at radius 3 is 2.62 bits per heavy atom. The van der Waals surface area contributed by atoms with Gasteiger partial charge in [-0.25, -0.2) is 0 Å². The maximum Gasteiger partial charge on any atom is 0.220 e. The first-order chi connectivity index (χ1) is 12.6. The Hall–Kier alpha value is -1.37. The molecule has 3 N–H and O–H groups in total. The Kier molecular flexibility index (Phi) is 6.73. The number of morpholine rings is 1. The van der Waals surface area contributed by atoms with Crippen molar-refractivity contribution in [3.63, 3.8) is 0 Å². The quantitative estimate of drug-likeness (QED) is 0.777. The highest BCUT2D eigenvalue weighted by Crippen LogP contribution is 2.38. The molecule has 0 bridgehead atoms. The van der Waals surface area contributed by atoms with Crippen LogP contribution in [0.15, 0.2) is 16.5 Å². The van der Waals surface area contributed by atoms with Gasteiger partial charge in [0.25, 0.3) is 0 Å². The van der Waals surface area contributed by atoms with Crippen molar-refractivity contribution in [2.45, 2.75) is 51.5 Å². The summed E-state index contributed by atoms with van der Waals surface area (Å²) in [5, 5.41) is 3.16. The predicted molar refractivity (Wildman–Crippen MR) is 101 cm³/mol. The van der Waals surface area contributed by atoms with Crippen molar-refractivity contribution in [2.75, 3.05) is 39.4 Å². The molecule has 26 heavy (non-hydrogen) atoms. The molecule has 0 aromatic carbocycles. The molecule has 1 aliphatic heterocycles. The number of hydrogen-bond acceptors (Lipinski definition) is 5. The van der Waals surface area contributed by atoms with Gasteiger partial charge < -0.3 is 20.2 Å². The van der Waals surface area contributed by atoms with Crippen molar-refractivity contribution in [1.29, 1.82) is 0 Å². The molecule has 1 atom stereocenters. The van der Waals surface area contributed by atoms with Crippen molar-refractivity contribution >= 4 is 5.91 Å². The lowest BCUT2D eigenvalue weighted by molar-refractivity contribution is -0.124. The molecule has 2 heterocycles. The fourth-order valence-electron chi connectivity index (χ4n) is 4.30. The molecular weight excluding hydrogens is 330 g/mol. The predicted octanol–water partition coefficient (Wildman–Crippen LogP) is 2.38. The van der Waals surface area contributed by atoms with Crippen molar-refractivity contribution in [2.24, 2.45) is 11.1 Å². The SMILES string of the molecule is Cc1ccc(C(CNC(=O)CC2(CN)CCCCC2)N2CCOCC2)o1. The summed E-state index contributed by atoms with van der Waals surface area (Å²) in [6.45, 7) is 6.27. The molecule has 0 radical (unpaired) electrons. The molecule has 146 valence electrons. The number of carbonyl (C=O) groups is 1. The van der Waals surface area contributed by atoms with E-state index in [1.165, 1.54) is 19.3 Å². The van der Waals surface area contributed by atoms with Gasteiger partial charge in [-0.15, -0.1) is 0 Å². The first-order valence-corrected chi connectivity index (χ1v) is 9.97. The molecule has 0 spiro atoms. The fraction of sp³-hybridized carbons (Fsp3) is 0.750. The molecular formula is C20H33N3O3. The van der Waals surface area contributed by atoms with Crippen LogP contribution < -0.4 is 11.1 Å². The van der Waals surface area contributed by atoms with E-state index in [9.17, 15) is 4.79 Å². The first-order valence-electron chi connectivity index (χ1n) is 9.97. The first kappa shape index (κ1) is 19.4. The second kappa shape index (κ2) is 9.02. The summed E-state index contributed by atoms with van der Waals surface area (Å²) >= 11 is 0. The lowest BCUT2D eigenvalue weighted by Crippen LogP contribution is -2.45. The number of carbonyl (C=O) groups excluding carboxylic acids is 1. The summed E-state index contributed by atoms with van der Waals surface area (Å²) in [6.07, 6.45) is 6.32. The zero-order valence-corrected chi connectivity index (χ0v) is 16.0. The topological polar surface area (TPSA) is 80.7 Å². The van der Waals surface area contributed by atoms with Gasteiger partial charge in [0.2, 0.25) is 5.91 Å². The van der Waals surface area contributed by atoms with E-state index in [-0.39, 0.29) is 17.4 Å². The van der Waals surface area contributed by atoms with Crippen LogP contribution in [0.2, 0.25) is 0 Å². The van der Waals surface area contributed by atoms with Crippen LogP contribution in [0.25, 0.3) is 0 Å². The number of rotatable bonds is 7. The van der Waals surface area contributed by atoms with E-state index in [1.54, 1.807) is 0 Å². The minimum absolute atomic E-state index is 0.00192. The molecule has 1 amide bonds. The molecule has 1 aromatic rings. The molecule has 1 saturated carbocycles. The Morgan fingerprint density at radius 2 is 2.00 bits per heavy atom. The van der Waals surface area contributed by atoms with E-state index in [2.05, 4.69) is 10.2 Å². The van der Waals surface area contributed by atoms with Crippen LogP contribution in [0.5, 0.6) is 0 Å². The zero-order valence-electron chi connectivity index (χ0n) is 16.0. The lowest BCUT2D eigenvalue weighted by Gasteiger charge is -2.36. The second-order valence-electron chi connectivity index (χ2n) is 7.86. The Morgan fingerprint density at radius 1 is 1.27 bits per heavy atom. The van der Waals surface area contributed by atoms with Gasteiger partial charge in [-0.2, -0.15) is 0 Å². The number of nitrogens with zero attached hydrogens (tertiary/aromatic N) is 1. The summed E-state index contributed by atoms with van der Waals surface area (Å²) in [7, 11) is 0. The van der Waals surface area contributed by atoms with E-state index in [0.29, 0.717) is 19.5 Å². The second-order valence-corrected chi connectivity index (χ2v) is 7.86. The Balaban J connectivity index is 1.60. The van der Waals surface area contributed by atoms with Crippen molar-refractivity contribution < 1.29 is 13.9 Å². The molecule has 1 unspecified atom stereocenters. The third-order valence-electron chi connectivity index (χ3n) is 5.95. The minimum atomic E-state index is -0.00192. The summed E-state index contributed by atoms with van der Waals surface area (Å²) in [5.74, 6) is 1.92. The maximum absolute atomic E-state index is 12.7. The van der Waals surface area contributed by atoms with Crippen molar-refractivity contribution in [3.8, 4) is 0 Å². The molecule has 2 aliphatic rings. The third-order valence-corrected chi connectivity index (χ3v) is 5.95. The highest BCUT2D eigenvalue weighted by atomic mass is 16.5. The summed E-state index contributed by atoms with van der Waals surface area (Å²) in [5.41, 5.74) is 6.03. The van der Waals surface area contributed by atoms with E-state index in [0.717, 1.165) is 50.7 Å². The van der Waals surface area contributed by atoms with Crippen LogP contribution in [0.3, 0.4) is 0 Å². The lowest BCUT2D eigenvalue weighted by atomic mass is 9.71. The number of furan rings is 1. The monoisotopic (exact) mass is 363 g/mol. The van der Waals surface area contributed by atoms with Crippen LogP contribution in [0.4, 0.5) is 0 Å². The van der Waals surface area contributed by atoms with E-state index < -0.39 is 0 Å². The van der Waals surface area contributed by atoms with Gasteiger partial charge in [0.05, 0.1) is 19.3 Å². The largest absolute Gasteiger partial charge is 0.465 e. The third kappa shape index (κ3) is 4.87. The zero-order chi connectivity index (χ0) is 18.4. The van der Waals surface area contributed by atoms with Gasteiger partial charge in [0, 0.05) is 26.1 Å². The molecule has 1 saturated heterocycles. The summed E-state index contributed by atoms with van der Waals surface area (Å²) in [4.78, 5) is 15.0. The number of ether oxygens (including phenoxy) is 1. The number of nitrogens with one attached hydrogen (secondary N) is 1. The highest BCUT2D eigenvalue weighted by Gasteiger charge is 2.33. The number of aryl methyl sites for hydroxylation is 1. The van der Waals surface area contributed by atoms with E-state index >= 15 is 0 Å². The van der Waals surface area contributed by atoms with Crippen LogP contribution in [-0.2, 0) is 9.53 Å². The van der Waals surface area contributed by atoms with Gasteiger partial charge in [-0.05, 0) is 43.9 Å². The number of nitrogens with two attached hydrogens (primary N) is 1. The molecule has 3 rings (SSSR count). The van der Waals surface area contributed by atoms with E-state index in [4.69, 9.17) is 14.9 Å². The smallest absolute Gasteiger partial charge is 0.220 e. The standard InChI is InChI=1S/C20H33N3O3/c1-16-5-6-18(26-16)17(23-9-11-25-12-10-23)14-22-19(24)13-20(15-21)7-3-2-4-8-20/h5-6,17H,2-4,7-15,21H2,1H3,(H,22,24). The average molecular weight is 364 g/mol. The molecule has 2 fully saturated rings.